The van der Waals surface area contributed by atoms with Crippen LogP contribution >= 0.6 is 0 Å². The zero-order valence-corrected chi connectivity index (χ0v) is 13.8. The molecule has 0 saturated heterocycles. The number of hydrogen-bond acceptors (Lipinski definition) is 4. The maximum Gasteiger partial charge on any atom is 0.161 e. The summed E-state index contributed by atoms with van der Waals surface area (Å²) in [7, 11) is 4.10. The standard InChI is InChI=1S/C19H24N2O2/c1-21(2)17-6-3-14(4-7-17)11-16(13-20)15-5-8-18-19(12-15)23-10-9-22-18/h3-8,12,16H,9-11,13,20H2,1-2H3. The van der Waals surface area contributed by atoms with Gasteiger partial charge in [0.05, 0.1) is 0 Å². The van der Waals surface area contributed by atoms with Gasteiger partial charge in [-0.3, -0.25) is 0 Å². The average molecular weight is 312 g/mol. The first-order valence-electron chi connectivity index (χ1n) is 8.03. The predicted octanol–water partition coefficient (Wildman–Crippen LogP) is 2.81. The molecule has 0 fully saturated rings. The SMILES string of the molecule is CN(C)c1ccc(CC(CN)c2ccc3c(c2)OCCO3)cc1. The first kappa shape index (κ1) is 15.7. The minimum atomic E-state index is 0.274. The molecule has 4 nitrogen and oxygen atoms in total. The Morgan fingerprint density at radius 1 is 1.00 bits per heavy atom. The van der Waals surface area contributed by atoms with E-state index in [0.29, 0.717) is 19.8 Å². The molecule has 122 valence electrons. The number of ether oxygens (including phenoxy) is 2. The first-order valence-corrected chi connectivity index (χ1v) is 8.03. The highest BCUT2D eigenvalue weighted by atomic mass is 16.6. The Bertz CT molecular complexity index is 653. The molecule has 1 aliphatic heterocycles. The zero-order chi connectivity index (χ0) is 16.2. The molecule has 0 saturated carbocycles. The lowest BCUT2D eigenvalue weighted by molar-refractivity contribution is 0.171. The molecule has 0 aromatic heterocycles. The molecule has 0 aliphatic carbocycles. The number of fused-ring (bicyclic) bond motifs is 1. The van der Waals surface area contributed by atoms with Gasteiger partial charge in [-0.15, -0.1) is 0 Å². The van der Waals surface area contributed by atoms with Gasteiger partial charge in [-0.2, -0.15) is 0 Å². The van der Waals surface area contributed by atoms with Crippen molar-refractivity contribution >= 4 is 5.69 Å². The van der Waals surface area contributed by atoms with Gasteiger partial charge in [0.1, 0.15) is 13.2 Å². The van der Waals surface area contributed by atoms with Gasteiger partial charge < -0.3 is 20.1 Å². The van der Waals surface area contributed by atoms with Gasteiger partial charge >= 0.3 is 0 Å². The fourth-order valence-corrected chi connectivity index (χ4v) is 2.87. The van der Waals surface area contributed by atoms with Crippen molar-refractivity contribution in [3.63, 3.8) is 0 Å². The lowest BCUT2D eigenvalue weighted by atomic mass is 9.91. The number of rotatable bonds is 5. The molecule has 0 radical (unpaired) electrons. The highest BCUT2D eigenvalue weighted by molar-refractivity contribution is 5.47. The third-order valence-corrected chi connectivity index (χ3v) is 4.26. The Balaban J connectivity index is 1.77. The van der Waals surface area contributed by atoms with E-state index in [1.807, 2.05) is 20.2 Å². The smallest absolute Gasteiger partial charge is 0.161 e. The van der Waals surface area contributed by atoms with Crippen LogP contribution in [0.2, 0.25) is 0 Å². The van der Waals surface area contributed by atoms with Crippen LogP contribution in [-0.4, -0.2) is 33.9 Å². The van der Waals surface area contributed by atoms with E-state index in [2.05, 4.69) is 41.3 Å². The monoisotopic (exact) mass is 312 g/mol. The van der Waals surface area contributed by atoms with E-state index in [0.717, 1.165) is 17.9 Å². The summed E-state index contributed by atoms with van der Waals surface area (Å²) in [6.45, 7) is 1.83. The maximum absolute atomic E-state index is 6.03. The summed E-state index contributed by atoms with van der Waals surface area (Å²) < 4.78 is 11.3. The van der Waals surface area contributed by atoms with Crippen molar-refractivity contribution in [2.75, 3.05) is 38.8 Å². The van der Waals surface area contributed by atoms with Crippen molar-refractivity contribution in [2.24, 2.45) is 5.73 Å². The summed E-state index contributed by atoms with van der Waals surface area (Å²) in [5.41, 5.74) is 9.73. The number of anilines is 1. The molecule has 0 amide bonds. The molecule has 1 heterocycles. The number of benzene rings is 2. The van der Waals surface area contributed by atoms with Crippen molar-refractivity contribution in [1.82, 2.24) is 0 Å². The van der Waals surface area contributed by atoms with Crippen molar-refractivity contribution in [3.05, 3.63) is 53.6 Å². The maximum atomic E-state index is 6.03. The summed E-state index contributed by atoms with van der Waals surface area (Å²) in [6, 6.07) is 14.8. The fourth-order valence-electron chi connectivity index (χ4n) is 2.87. The molecule has 1 aliphatic rings. The molecule has 2 aromatic carbocycles. The van der Waals surface area contributed by atoms with E-state index in [4.69, 9.17) is 15.2 Å². The molecule has 0 bridgehead atoms. The molecule has 1 unspecified atom stereocenters. The van der Waals surface area contributed by atoms with Crippen molar-refractivity contribution in [1.29, 1.82) is 0 Å². The van der Waals surface area contributed by atoms with Gasteiger partial charge in [0.2, 0.25) is 0 Å². The quantitative estimate of drug-likeness (QED) is 0.922. The van der Waals surface area contributed by atoms with Crippen LogP contribution in [0, 0.1) is 0 Å². The second-order valence-corrected chi connectivity index (χ2v) is 6.10. The minimum absolute atomic E-state index is 0.274. The zero-order valence-electron chi connectivity index (χ0n) is 13.8. The Morgan fingerprint density at radius 3 is 2.35 bits per heavy atom. The summed E-state index contributed by atoms with van der Waals surface area (Å²) in [5.74, 6) is 1.93. The Labute approximate surface area is 137 Å². The largest absolute Gasteiger partial charge is 0.486 e. The van der Waals surface area contributed by atoms with Crippen molar-refractivity contribution in [2.45, 2.75) is 12.3 Å². The van der Waals surface area contributed by atoms with Crippen LogP contribution < -0.4 is 20.1 Å². The van der Waals surface area contributed by atoms with Crippen molar-refractivity contribution in [3.8, 4) is 11.5 Å². The number of nitrogens with zero attached hydrogens (tertiary/aromatic N) is 1. The first-order chi connectivity index (χ1) is 11.2. The third kappa shape index (κ3) is 3.59. The van der Waals surface area contributed by atoms with Crippen LogP contribution in [0.4, 0.5) is 5.69 Å². The minimum Gasteiger partial charge on any atom is -0.486 e. The average Bonchev–Trinajstić information content (AvgIpc) is 2.59. The molecule has 3 rings (SSSR count). The van der Waals surface area contributed by atoms with E-state index in [1.54, 1.807) is 0 Å². The second kappa shape index (κ2) is 6.92. The highest BCUT2D eigenvalue weighted by Gasteiger charge is 2.16. The van der Waals surface area contributed by atoms with E-state index in [9.17, 15) is 0 Å². The van der Waals surface area contributed by atoms with Gasteiger partial charge in [-0.25, -0.2) is 0 Å². The van der Waals surface area contributed by atoms with Gasteiger partial charge in [-0.05, 0) is 48.4 Å². The summed E-state index contributed by atoms with van der Waals surface area (Å²) >= 11 is 0. The van der Waals surface area contributed by atoms with Crippen LogP contribution in [0.3, 0.4) is 0 Å². The Morgan fingerprint density at radius 2 is 1.70 bits per heavy atom. The van der Waals surface area contributed by atoms with E-state index in [-0.39, 0.29) is 5.92 Å². The van der Waals surface area contributed by atoms with Crippen LogP contribution in [-0.2, 0) is 6.42 Å². The van der Waals surface area contributed by atoms with Crippen LogP contribution in [0.1, 0.15) is 17.0 Å². The Kier molecular flexibility index (Phi) is 4.72. The third-order valence-electron chi connectivity index (χ3n) is 4.26. The molecule has 1 atom stereocenters. The summed E-state index contributed by atoms with van der Waals surface area (Å²) in [6.07, 6.45) is 0.920. The number of nitrogens with two attached hydrogens (primary N) is 1. The fraction of sp³-hybridized carbons (Fsp3) is 0.368. The van der Waals surface area contributed by atoms with E-state index < -0.39 is 0 Å². The Hall–Kier alpha value is -2.20. The molecular formula is C19H24N2O2. The molecule has 2 aromatic rings. The van der Waals surface area contributed by atoms with E-state index >= 15 is 0 Å². The van der Waals surface area contributed by atoms with Gasteiger partial charge in [0.25, 0.3) is 0 Å². The molecule has 23 heavy (non-hydrogen) atoms. The molecular weight excluding hydrogens is 288 g/mol. The molecule has 4 heteroatoms. The van der Waals surface area contributed by atoms with Crippen LogP contribution in [0.25, 0.3) is 0 Å². The van der Waals surface area contributed by atoms with E-state index in [1.165, 1.54) is 16.8 Å². The molecule has 0 spiro atoms. The summed E-state index contributed by atoms with van der Waals surface area (Å²) in [5, 5.41) is 0. The second-order valence-electron chi connectivity index (χ2n) is 6.10. The van der Waals surface area contributed by atoms with Crippen molar-refractivity contribution < 1.29 is 9.47 Å². The highest BCUT2D eigenvalue weighted by Crippen LogP contribution is 2.34. The topological polar surface area (TPSA) is 47.7 Å². The number of hydrogen-bond donors (Lipinski definition) is 1. The summed E-state index contributed by atoms with van der Waals surface area (Å²) in [4.78, 5) is 2.10. The molecule has 2 N–H and O–H groups in total. The lowest BCUT2D eigenvalue weighted by Crippen LogP contribution is -2.18. The van der Waals surface area contributed by atoms with Gasteiger partial charge in [0, 0.05) is 25.7 Å². The van der Waals surface area contributed by atoms with Gasteiger partial charge in [-0.1, -0.05) is 18.2 Å². The lowest BCUT2D eigenvalue weighted by Gasteiger charge is -2.22. The van der Waals surface area contributed by atoms with Gasteiger partial charge in [0.15, 0.2) is 11.5 Å². The van der Waals surface area contributed by atoms with Crippen LogP contribution in [0.15, 0.2) is 42.5 Å². The predicted molar refractivity (Wildman–Crippen MR) is 93.7 cm³/mol. The van der Waals surface area contributed by atoms with Crippen LogP contribution in [0.5, 0.6) is 11.5 Å². The normalized spacial score (nSPS) is 14.4.